The van der Waals surface area contributed by atoms with E-state index in [2.05, 4.69) is 0 Å². The molecule has 3 nitrogen and oxygen atoms in total. The first-order valence-electron chi connectivity index (χ1n) is 4.23. The number of hydrogen-bond acceptors (Lipinski definition) is 3. The van der Waals surface area contributed by atoms with Gasteiger partial charge < -0.3 is 14.9 Å². The molecule has 1 aromatic carbocycles. The minimum absolute atomic E-state index is 0.122. The second-order valence-corrected chi connectivity index (χ2v) is 3.15. The lowest BCUT2D eigenvalue weighted by atomic mass is 10.1. The molecule has 0 saturated heterocycles. The van der Waals surface area contributed by atoms with Gasteiger partial charge in [0, 0.05) is 5.56 Å². The van der Waals surface area contributed by atoms with Gasteiger partial charge in [-0.1, -0.05) is 0 Å². The lowest BCUT2D eigenvalue weighted by Crippen LogP contribution is -2.00. The van der Waals surface area contributed by atoms with Crippen LogP contribution in [0.25, 0.3) is 0 Å². The van der Waals surface area contributed by atoms with Crippen molar-refractivity contribution in [1.29, 1.82) is 0 Å². The maximum atomic E-state index is 13.5. The number of phenolic OH excluding ortho intramolecular Hbond substituents is 1. The van der Waals surface area contributed by atoms with Gasteiger partial charge >= 0.3 is 0 Å². The third-order valence-electron chi connectivity index (χ3n) is 2.07. The molecule has 0 aromatic heterocycles. The Hall–Kier alpha value is -1.29. The van der Waals surface area contributed by atoms with Gasteiger partial charge in [-0.05, 0) is 25.5 Å². The molecule has 0 heterocycles. The fourth-order valence-electron chi connectivity index (χ4n) is 1.27. The highest BCUT2D eigenvalue weighted by Crippen LogP contribution is 2.36. The van der Waals surface area contributed by atoms with Gasteiger partial charge in [0.2, 0.25) is 0 Å². The highest BCUT2D eigenvalue weighted by Gasteiger charge is 2.18. The molecule has 0 bridgehead atoms. The molecule has 0 amide bonds. The molecule has 0 fully saturated rings. The van der Waals surface area contributed by atoms with Crippen LogP contribution in [0.5, 0.6) is 11.5 Å². The lowest BCUT2D eigenvalue weighted by molar-refractivity contribution is 0.192. The molecule has 0 aliphatic rings. The largest absolute Gasteiger partial charge is 0.504 e. The molecule has 1 unspecified atom stereocenters. The van der Waals surface area contributed by atoms with Crippen molar-refractivity contribution in [2.45, 2.75) is 20.0 Å². The van der Waals surface area contributed by atoms with Crippen LogP contribution < -0.4 is 4.74 Å². The van der Waals surface area contributed by atoms with E-state index in [1.807, 2.05) is 0 Å². The number of aliphatic hydroxyl groups excluding tert-OH is 1. The number of hydrogen-bond donors (Lipinski definition) is 2. The Balaban J connectivity index is 3.42. The molecule has 0 aliphatic heterocycles. The number of halogens is 1. The van der Waals surface area contributed by atoms with Gasteiger partial charge in [0.1, 0.15) is 0 Å². The normalized spacial score (nSPS) is 12.6. The van der Waals surface area contributed by atoms with Gasteiger partial charge in [0.05, 0.1) is 13.2 Å². The van der Waals surface area contributed by atoms with Crippen molar-refractivity contribution < 1.29 is 19.3 Å². The van der Waals surface area contributed by atoms with E-state index in [4.69, 9.17) is 4.74 Å². The minimum Gasteiger partial charge on any atom is -0.504 e. The quantitative estimate of drug-likeness (QED) is 0.766. The third-order valence-corrected chi connectivity index (χ3v) is 2.07. The zero-order valence-corrected chi connectivity index (χ0v) is 8.34. The molecule has 0 aliphatic carbocycles. The van der Waals surface area contributed by atoms with Crippen LogP contribution in [0, 0.1) is 12.7 Å². The van der Waals surface area contributed by atoms with Crippen molar-refractivity contribution in [2.24, 2.45) is 0 Å². The molecule has 1 aromatic rings. The first kappa shape index (κ1) is 10.8. The molecule has 1 atom stereocenters. The zero-order valence-electron chi connectivity index (χ0n) is 8.34. The summed E-state index contributed by atoms with van der Waals surface area (Å²) in [7, 11) is 1.27. The maximum Gasteiger partial charge on any atom is 0.197 e. The van der Waals surface area contributed by atoms with Gasteiger partial charge in [0.25, 0.3) is 0 Å². The number of rotatable bonds is 2. The van der Waals surface area contributed by atoms with Crippen LogP contribution in [-0.4, -0.2) is 17.3 Å². The Morgan fingerprint density at radius 2 is 2.07 bits per heavy atom. The molecule has 0 radical (unpaired) electrons. The monoisotopic (exact) mass is 200 g/mol. The van der Waals surface area contributed by atoms with Crippen LogP contribution >= 0.6 is 0 Å². The molecular formula is C10H13FO3. The number of aliphatic hydroxyl groups is 1. The third kappa shape index (κ3) is 1.65. The fraction of sp³-hybridized carbons (Fsp3) is 0.400. The van der Waals surface area contributed by atoms with Crippen LogP contribution in [0.3, 0.4) is 0 Å². The number of aryl methyl sites for hydroxylation is 1. The van der Waals surface area contributed by atoms with Gasteiger partial charge in [0.15, 0.2) is 17.3 Å². The highest BCUT2D eigenvalue weighted by molar-refractivity contribution is 5.49. The standard InChI is InChI=1S/C10H13FO3/c1-5-4-7(6(2)12)8(11)10(14-3)9(5)13/h4,6,12-13H,1-3H3. The Labute approximate surface area is 81.8 Å². The molecule has 14 heavy (non-hydrogen) atoms. The van der Waals surface area contributed by atoms with Gasteiger partial charge in [-0.25, -0.2) is 4.39 Å². The van der Waals surface area contributed by atoms with E-state index in [9.17, 15) is 14.6 Å². The summed E-state index contributed by atoms with van der Waals surface area (Å²) >= 11 is 0. The van der Waals surface area contributed by atoms with Gasteiger partial charge in [-0.15, -0.1) is 0 Å². The number of aromatic hydroxyl groups is 1. The average molecular weight is 200 g/mol. The van der Waals surface area contributed by atoms with E-state index >= 15 is 0 Å². The fourth-order valence-corrected chi connectivity index (χ4v) is 1.27. The minimum atomic E-state index is -0.928. The van der Waals surface area contributed by atoms with E-state index in [1.165, 1.54) is 20.1 Å². The topological polar surface area (TPSA) is 49.7 Å². The van der Waals surface area contributed by atoms with Crippen LogP contribution in [-0.2, 0) is 0 Å². The first-order valence-corrected chi connectivity index (χ1v) is 4.23. The van der Waals surface area contributed by atoms with Crippen molar-refractivity contribution in [1.82, 2.24) is 0 Å². The summed E-state index contributed by atoms with van der Waals surface area (Å²) in [5, 5.41) is 18.7. The maximum absolute atomic E-state index is 13.5. The second kappa shape index (κ2) is 3.84. The Morgan fingerprint density at radius 1 is 1.50 bits per heavy atom. The predicted octanol–water partition coefficient (Wildman–Crippen LogP) is 1.90. The second-order valence-electron chi connectivity index (χ2n) is 3.15. The van der Waals surface area contributed by atoms with Gasteiger partial charge in [-0.3, -0.25) is 0 Å². The van der Waals surface area contributed by atoms with Crippen molar-refractivity contribution in [3.05, 3.63) is 23.0 Å². The molecule has 2 N–H and O–H groups in total. The van der Waals surface area contributed by atoms with Crippen molar-refractivity contribution >= 4 is 0 Å². The lowest BCUT2D eigenvalue weighted by Gasteiger charge is -2.13. The first-order chi connectivity index (χ1) is 6.49. The number of methoxy groups -OCH3 is 1. The van der Waals surface area contributed by atoms with Crippen molar-refractivity contribution in [2.75, 3.05) is 7.11 Å². The van der Waals surface area contributed by atoms with Crippen LogP contribution in [0.2, 0.25) is 0 Å². The molecule has 0 spiro atoms. The summed E-state index contributed by atoms with van der Waals surface area (Å²) in [4.78, 5) is 0. The zero-order chi connectivity index (χ0) is 10.9. The summed E-state index contributed by atoms with van der Waals surface area (Å²) in [6.45, 7) is 3.07. The number of ether oxygens (including phenoxy) is 1. The molecule has 1 rings (SSSR count). The average Bonchev–Trinajstić information content (AvgIpc) is 2.12. The number of phenols is 1. The summed E-state index contributed by atoms with van der Waals surface area (Å²) in [6.07, 6.45) is -0.928. The Morgan fingerprint density at radius 3 is 2.50 bits per heavy atom. The molecule has 0 saturated carbocycles. The number of benzene rings is 1. The van der Waals surface area contributed by atoms with Crippen LogP contribution in [0.1, 0.15) is 24.2 Å². The highest BCUT2D eigenvalue weighted by atomic mass is 19.1. The summed E-state index contributed by atoms with van der Waals surface area (Å²) in [6, 6.07) is 1.40. The molecular weight excluding hydrogens is 187 g/mol. The van der Waals surface area contributed by atoms with Crippen LogP contribution in [0.15, 0.2) is 6.07 Å². The smallest absolute Gasteiger partial charge is 0.197 e. The Bertz CT molecular complexity index is 348. The predicted molar refractivity (Wildman–Crippen MR) is 50.0 cm³/mol. The van der Waals surface area contributed by atoms with Crippen molar-refractivity contribution in [3.8, 4) is 11.5 Å². The van der Waals surface area contributed by atoms with Gasteiger partial charge in [-0.2, -0.15) is 0 Å². The summed E-state index contributed by atoms with van der Waals surface area (Å²) in [5.74, 6) is -1.17. The van der Waals surface area contributed by atoms with Crippen molar-refractivity contribution in [3.63, 3.8) is 0 Å². The van der Waals surface area contributed by atoms with Crippen LogP contribution in [0.4, 0.5) is 4.39 Å². The van der Waals surface area contributed by atoms with E-state index in [1.54, 1.807) is 6.92 Å². The van der Waals surface area contributed by atoms with E-state index in [0.29, 0.717) is 5.56 Å². The SMILES string of the molecule is COc1c(O)c(C)cc(C(C)O)c1F. The van der Waals surface area contributed by atoms with E-state index in [-0.39, 0.29) is 17.1 Å². The summed E-state index contributed by atoms with van der Waals surface area (Å²) < 4.78 is 18.2. The van der Waals surface area contributed by atoms with E-state index < -0.39 is 11.9 Å². The Kier molecular flexibility index (Phi) is 2.96. The summed E-state index contributed by atoms with van der Waals surface area (Å²) in [5.41, 5.74) is 0.594. The molecule has 4 heteroatoms. The van der Waals surface area contributed by atoms with E-state index in [0.717, 1.165) is 0 Å². The molecule has 78 valence electrons.